The summed E-state index contributed by atoms with van der Waals surface area (Å²) >= 11 is 0.987. The molecule has 0 fully saturated rings. The topological polar surface area (TPSA) is 65.4 Å². The van der Waals surface area contributed by atoms with E-state index in [1.807, 2.05) is 12.1 Å². The van der Waals surface area contributed by atoms with Gasteiger partial charge in [0.25, 0.3) is 0 Å². The SMILES string of the molecule is COc1cccc(Cn2nccc2NC(=O)CSc2ccc(F)cc2F)c1OC. The quantitative estimate of drug-likeness (QED) is 0.560. The zero-order chi connectivity index (χ0) is 20.8. The molecule has 0 unspecified atom stereocenters. The summed E-state index contributed by atoms with van der Waals surface area (Å²) in [7, 11) is 3.11. The summed E-state index contributed by atoms with van der Waals surface area (Å²) < 4.78 is 39.0. The number of benzene rings is 2. The number of nitrogens with zero attached hydrogens (tertiary/aromatic N) is 2. The Morgan fingerprint density at radius 2 is 2.00 bits per heavy atom. The first-order chi connectivity index (χ1) is 14.0. The van der Waals surface area contributed by atoms with Crippen LogP contribution in [0, 0.1) is 11.6 Å². The number of rotatable bonds is 8. The Morgan fingerprint density at radius 1 is 1.17 bits per heavy atom. The summed E-state index contributed by atoms with van der Waals surface area (Å²) in [6, 6.07) is 10.4. The van der Waals surface area contributed by atoms with Crippen LogP contribution in [0.1, 0.15) is 5.56 Å². The van der Waals surface area contributed by atoms with E-state index in [2.05, 4.69) is 10.4 Å². The third kappa shape index (κ3) is 5.05. The number of thioether (sulfide) groups is 1. The van der Waals surface area contributed by atoms with Crippen molar-refractivity contribution in [2.45, 2.75) is 11.4 Å². The molecule has 3 rings (SSSR count). The Bertz CT molecular complexity index is 1010. The average Bonchev–Trinajstić information content (AvgIpc) is 3.13. The van der Waals surface area contributed by atoms with Gasteiger partial charge in [0.2, 0.25) is 5.91 Å². The van der Waals surface area contributed by atoms with Gasteiger partial charge in [-0.25, -0.2) is 13.5 Å². The van der Waals surface area contributed by atoms with Gasteiger partial charge in [-0.05, 0) is 18.2 Å². The molecular formula is C20H19F2N3O3S. The molecule has 6 nitrogen and oxygen atoms in total. The summed E-state index contributed by atoms with van der Waals surface area (Å²) in [5, 5.41) is 6.98. The molecule has 0 saturated carbocycles. The second-order valence-electron chi connectivity index (χ2n) is 5.94. The van der Waals surface area contributed by atoms with Crippen molar-refractivity contribution >= 4 is 23.5 Å². The third-order valence-electron chi connectivity index (χ3n) is 4.04. The van der Waals surface area contributed by atoms with Crippen molar-refractivity contribution in [3.05, 3.63) is 65.9 Å². The van der Waals surface area contributed by atoms with Crippen molar-refractivity contribution in [3.8, 4) is 11.5 Å². The first kappa shape index (κ1) is 20.7. The summed E-state index contributed by atoms with van der Waals surface area (Å²) in [4.78, 5) is 12.5. The minimum absolute atomic E-state index is 0.0315. The summed E-state index contributed by atoms with van der Waals surface area (Å²) in [6.07, 6.45) is 1.56. The molecule has 1 heterocycles. The van der Waals surface area contributed by atoms with Crippen LogP contribution in [0.25, 0.3) is 0 Å². The minimum atomic E-state index is -0.696. The lowest BCUT2D eigenvalue weighted by atomic mass is 10.2. The number of anilines is 1. The number of methoxy groups -OCH3 is 2. The van der Waals surface area contributed by atoms with E-state index in [9.17, 15) is 13.6 Å². The fraction of sp³-hybridized carbons (Fsp3) is 0.200. The predicted molar refractivity (Wildman–Crippen MR) is 107 cm³/mol. The maximum Gasteiger partial charge on any atom is 0.235 e. The van der Waals surface area contributed by atoms with E-state index in [1.165, 1.54) is 6.07 Å². The van der Waals surface area contributed by atoms with Gasteiger partial charge in [0.05, 0.1) is 32.7 Å². The maximum atomic E-state index is 13.7. The number of amides is 1. The zero-order valence-corrected chi connectivity index (χ0v) is 16.6. The first-order valence-corrected chi connectivity index (χ1v) is 9.59. The highest BCUT2D eigenvalue weighted by Crippen LogP contribution is 2.31. The summed E-state index contributed by atoms with van der Waals surface area (Å²) in [5.74, 6) is -0.0502. The molecule has 1 N–H and O–H groups in total. The number of hydrogen-bond acceptors (Lipinski definition) is 5. The van der Waals surface area contributed by atoms with Gasteiger partial charge in [-0.1, -0.05) is 12.1 Å². The van der Waals surface area contributed by atoms with Gasteiger partial charge < -0.3 is 14.8 Å². The van der Waals surface area contributed by atoms with E-state index in [4.69, 9.17) is 9.47 Å². The van der Waals surface area contributed by atoms with Crippen LogP contribution in [0.4, 0.5) is 14.6 Å². The van der Waals surface area contributed by atoms with E-state index >= 15 is 0 Å². The molecule has 3 aromatic rings. The molecule has 0 aliphatic heterocycles. The standard InChI is InChI=1S/C20H19F2N3O3S/c1-27-16-5-3-4-13(20(16)28-2)11-25-18(8-9-23-25)24-19(26)12-29-17-7-6-14(21)10-15(17)22/h3-10H,11-12H2,1-2H3,(H,24,26). The van der Waals surface area contributed by atoms with Crippen molar-refractivity contribution in [2.75, 3.05) is 25.3 Å². The van der Waals surface area contributed by atoms with E-state index in [-0.39, 0.29) is 16.6 Å². The van der Waals surface area contributed by atoms with Crippen molar-refractivity contribution in [1.29, 1.82) is 0 Å². The fourth-order valence-corrected chi connectivity index (χ4v) is 3.44. The van der Waals surface area contributed by atoms with E-state index < -0.39 is 11.6 Å². The molecule has 0 bridgehead atoms. The van der Waals surface area contributed by atoms with Crippen LogP contribution >= 0.6 is 11.8 Å². The molecule has 2 aromatic carbocycles. The molecule has 0 spiro atoms. The summed E-state index contributed by atoms with van der Waals surface area (Å²) in [5.41, 5.74) is 0.828. The smallest absolute Gasteiger partial charge is 0.235 e. The Labute approximate surface area is 170 Å². The molecule has 1 amide bonds. The van der Waals surface area contributed by atoms with Gasteiger partial charge in [0, 0.05) is 22.6 Å². The highest BCUT2D eigenvalue weighted by atomic mass is 32.2. The van der Waals surface area contributed by atoms with Crippen molar-refractivity contribution in [2.24, 2.45) is 0 Å². The second kappa shape index (κ2) is 9.42. The third-order valence-corrected chi connectivity index (χ3v) is 5.09. The number of carbonyl (C=O) groups excluding carboxylic acids is 1. The molecule has 1 aromatic heterocycles. The van der Waals surface area contributed by atoms with Crippen LogP contribution in [0.5, 0.6) is 11.5 Å². The van der Waals surface area contributed by atoms with Crippen molar-refractivity contribution in [1.82, 2.24) is 9.78 Å². The first-order valence-electron chi connectivity index (χ1n) is 8.61. The highest BCUT2D eigenvalue weighted by molar-refractivity contribution is 8.00. The molecule has 0 atom stereocenters. The average molecular weight is 419 g/mol. The normalized spacial score (nSPS) is 10.6. The van der Waals surface area contributed by atoms with Gasteiger partial charge >= 0.3 is 0 Å². The second-order valence-corrected chi connectivity index (χ2v) is 6.96. The predicted octanol–water partition coefficient (Wildman–Crippen LogP) is 3.96. The van der Waals surface area contributed by atoms with Gasteiger partial charge in [0.15, 0.2) is 11.5 Å². The van der Waals surface area contributed by atoms with E-state index in [0.717, 1.165) is 29.5 Å². The number of aromatic nitrogens is 2. The van der Waals surface area contributed by atoms with Crippen LogP contribution in [0.15, 0.2) is 53.6 Å². The number of ether oxygens (including phenoxy) is 2. The van der Waals surface area contributed by atoms with Crippen LogP contribution < -0.4 is 14.8 Å². The van der Waals surface area contributed by atoms with Crippen molar-refractivity contribution in [3.63, 3.8) is 0 Å². The summed E-state index contributed by atoms with van der Waals surface area (Å²) in [6.45, 7) is 0.350. The molecule has 0 saturated heterocycles. The van der Waals surface area contributed by atoms with Crippen LogP contribution in [-0.4, -0.2) is 35.7 Å². The van der Waals surface area contributed by atoms with E-state index in [1.54, 1.807) is 37.2 Å². The number of nitrogens with one attached hydrogen (secondary N) is 1. The van der Waals surface area contributed by atoms with E-state index in [0.29, 0.717) is 23.9 Å². The molecule has 0 aliphatic rings. The van der Waals surface area contributed by atoms with Crippen LogP contribution in [-0.2, 0) is 11.3 Å². The molecule has 0 aliphatic carbocycles. The Kier molecular flexibility index (Phi) is 6.71. The number of hydrogen-bond donors (Lipinski definition) is 1. The minimum Gasteiger partial charge on any atom is -0.493 e. The number of para-hydroxylation sites is 1. The van der Waals surface area contributed by atoms with Gasteiger partial charge in [-0.15, -0.1) is 11.8 Å². The number of halogens is 2. The van der Waals surface area contributed by atoms with Gasteiger partial charge in [-0.2, -0.15) is 5.10 Å². The lowest BCUT2D eigenvalue weighted by Crippen LogP contribution is -2.18. The molecule has 9 heteroatoms. The number of carbonyl (C=O) groups is 1. The largest absolute Gasteiger partial charge is 0.493 e. The Morgan fingerprint density at radius 3 is 2.72 bits per heavy atom. The molecule has 0 radical (unpaired) electrons. The van der Waals surface area contributed by atoms with Crippen LogP contribution in [0.2, 0.25) is 0 Å². The van der Waals surface area contributed by atoms with Crippen molar-refractivity contribution < 1.29 is 23.0 Å². The Balaban J connectivity index is 1.67. The zero-order valence-electron chi connectivity index (χ0n) is 15.8. The Hall–Kier alpha value is -3.07. The monoisotopic (exact) mass is 419 g/mol. The highest BCUT2D eigenvalue weighted by Gasteiger charge is 2.14. The fourth-order valence-electron chi connectivity index (χ4n) is 2.72. The lowest BCUT2D eigenvalue weighted by molar-refractivity contribution is -0.113. The molecule has 29 heavy (non-hydrogen) atoms. The molecule has 152 valence electrons. The van der Waals surface area contributed by atoms with Gasteiger partial charge in [0.1, 0.15) is 17.5 Å². The van der Waals surface area contributed by atoms with Crippen LogP contribution in [0.3, 0.4) is 0 Å². The molecular weight excluding hydrogens is 400 g/mol. The lowest BCUT2D eigenvalue weighted by Gasteiger charge is -2.14. The maximum absolute atomic E-state index is 13.7. The van der Waals surface area contributed by atoms with Gasteiger partial charge in [-0.3, -0.25) is 4.79 Å².